The van der Waals surface area contributed by atoms with E-state index in [0.717, 1.165) is 16.5 Å². The molecule has 2 aromatic carbocycles. The number of aromatic nitrogens is 2. The molecule has 0 saturated carbocycles. The van der Waals surface area contributed by atoms with Crippen LogP contribution < -0.4 is 10.9 Å². The molecule has 6 nitrogen and oxygen atoms in total. The molecule has 1 amide bonds. The minimum Gasteiger partial charge on any atom is -0.431 e. The van der Waals surface area contributed by atoms with Gasteiger partial charge in [-0.1, -0.05) is 50.7 Å². The number of aromatic amines is 1. The Balaban J connectivity index is 1.50. The molecule has 0 aliphatic carbocycles. The van der Waals surface area contributed by atoms with Gasteiger partial charge in [0.15, 0.2) is 5.58 Å². The number of amides is 1. The maximum Gasteiger partial charge on any atom is 0.257 e. The van der Waals surface area contributed by atoms with E-state index in [0.29, 0.717) is 22.0 Å². The number of nitrogens with zero attached hydrogens (tertiary/aromatic N) is 1. The third kappa shape index (κ3) is 4.19. The van der Waals surface area contributed by atoms with Crippen molar-refractivity contribution in [2.45, 2.75) is 31.4 Å². The van der Waals surface area contributed by atoms with Crippen LogP contribution in [0, 0.1) is 0 Å². The average Bonchev–Trinajstić information content (AvgIpc) is 3.08. The van der Waals surface area contributed by atoms with Crippen LogP contribution in [-0.2, 0) is 10.2 Å². The molecule has 2 heterocycles. The zero-order valence-electron chi connectivity index (χ0n) is 16.4. The first-order valence-electron chi connectivity index (χ1n) is 9.25. The molecule has 0 unspecified atom stereocenters. The number of anilines is 1. The molecule has 148 valence electrons. The number of nitrogens with one attached hydrogen (secondary N) is 2. The Bertz CT molecular complexity index is 1230. The lowest BCUT2D eigenvalue weighted by Gasteiger charge is -2.21. The Kier molecular flexibility index (Phi) is 4.92. The second kappa shape index (κ2) is 7.40. The Morgan fingerprint density at radius 1 is 1.17 bits per heavy atom. The summed E-state index contributed by atoms with van der Waals surface area (Å²) in [6, 6.07) is 14.7. The van der Waals surface area contributed by atoms with Crippen molar-refractivity contribution in [2.24, 2.45) is 0 Å². The molecular formula is C22H21N3O3S. The van der Waals surface area contributed by atoms with Crippen molar-refractivity contribution < 1.29 is 9.21 Å². The van der Waals surface area contributed by atoms with Crippen molar-refractivity contribution in [3.63, 3.8) is 0 Å². The van der Waals surface area contributed by atoms with Crippen molar-refractivity contribution in [2.75, 3.05) is 11.1 Å². The van der Waals surface area contributed by atoms with Gasteiger partial charge in [0.1, 0.15) is 5.52 Å². The smallest absolute Gasteiger partial charge is 0.257 e. The molecule has 0 saturated heterocycles. The van der Waals surface area contributed by atoms with E-state index < -0.39 is 0 Å². The summed E-state index contributed by atoms with van der Waals surface area (Å²) in [4.78, 5) is 31.6. The van der Waals surface area contributed by atoms with E-state index in [2.05, 4.69) is 36.1 Å². The molecule has 4 rings (SSSR count). The van der Waals surface area contributed by atoms with Crippen LogP contribution in [0.3, 0.4) is 0 Å². The molecule has 0 fully saturated rings. The van der Waals surface area contributed by atoms with Crippen molar-refractivity contribution in [3.8, 4) is 0 Å². The van der Waals surface area contributed by atoms with Gasteiger partial charge in [0.05, 0.1) is 11.3 Å². The van der Waals surface area contributed by atoms with Gasteiger partial charge >= 0.3 is 0 Å². The predicted molar refractivity (Wildman–Crippen MR) is 117 cm³/mol. The second-order valence-electron chi connectivity index (χ2n) is 7.84. The van der Waals surface area contributed by atoms with Crippen LogP contribution in [0.2, 0.25) is 0 Å². The van der Waals surface area contributed by atoms with E-state index in [1.54, 1.807) is 12.1 Å². The lowest BCUT2D eigenvalue weighted by molar-refractivity contribution is -0.113. The zero-order chi connectivity index (χ0) is 20.6. The predicted octanol–water partition coefficient (Wildman–Crippen LogP) is 4.70. The third-order valence-corrected chi connectivity index (χ3v) is 5.36. The Morgan fingerprint density at radius 3 is 2.72 bits per heavy atom. The highest BCUT2D eigenvalue weighted by atomic mass is 32.2. The maximum atomic E-state index is 12.4. The van der Waals surface area contributed by atoms with Crippen LogP contribution >= 0.6 is 11.8 Å². The number of rotatable bonds is 4. The van der Waals surface area contributed by atoms with E-state index >= 15 is 0 Å². The van der Waals surface area contributed by atoms with Crippen LogP contribution in [0.5, 0.6) is 0 Å². The summed E-state index contributed by atoms with van der Waals surface area (Å²) in [5, 5.41) is 4.29. The van der Waals surface area contributed by atoms with E-state index in [1.165, 1.54) is 11.8 Å². The monoisotopic (exact) mass is 407 g/mol. The fraction of sp³-hybridized carbons (Fsp3) is 0.227. The molecule has 0 aliphatic rings. The standard InChI is InChI=1S/C22H21N3O3S/c1-22(2,3)15-11-19(26)24-17-10-13(8-9-14(15)17)23-20(27)12-29-21-25-16-6-4-5-7-18(16)28-21/h4-11H,12H2,1-3H3,(H,23,27)(H,24,26). The lowest BCUT2D eigenvalue weighted by atomic mass is 9.85. The molecule has 0 bridgehead atoms. The summed E-state index contributed by atoms with van der Waals surface area (Å²) >= 11 is 1.24. The number of thioether (sulfide) groups is 1. The Morgan fingerprint density at radius 2 is 1.97 bits per heavy atom. The molecular weight excluding hydrogens is 386 g/mol. The van der Waals surface area contributed by atoms with E-state index in [-0.39, 0.29) is 22.6 Å². The molecule has 0 radical (unpaired) electrons. The number of benzene rings is 2. The van der Waals surface area contributed by atoms with E-state index in [9.17, 15) is 9.59 Å². The summed E-state index contributed by atoms with van der Waals surface area (Å²) in [5.41, 5.74) is 3.45. The molecule has 4 aromatic rings. The zero-order valence-corrected chi connectivity index (χ0v) is 17.2. The molecule has 2 aromatic heterocycles. The minimum atomic E-state index is -0.175. The van der Waals surface area contributed by atoms with Gasteiger partial charge in [-0.2, -0.15) is 0 Å². The number of carbonyl (C=O) groups excluding carboxylic acids is 1. The summed E-state index contributed by atoms with van der Waals surface area (Å²) in [5.74, 6) is -0.00502. The Labute approximate surface area is 171 Å². The molecule has 7 heteroatoms. The van der Waals surface area contributed by atoms with Gasteiger partial charge in [-0.3, -0.25) is 9.59 Å². The van der Waals surface area contributed by atoms with Gasteiger partial charge in [0.25, 0.3) is 5.22 Å². The maximum absolute atomic E-state index is 12.4. The number of fused-ring (bicyclic) bond motifs is 2. The van der Waals surface area contributed by atoms with Crippen molar-refractivity contribution in [1.29, 1.82) is 0 Å². The SMILES string of the molecule is CC(C)(C)c1cc(=O)[nH]c2cc(NC(=O)CSc3nc4ccccc4o3)ccc12. The van der Waals surface area contributed by atoms with Crippen molar-refractivity contribution in [1.82, 2.24) is 9.97 Å². The number of hydrogen-bond donors (Lipinski definition) is 2. The lowest BCUT2D eigenvalue weighted by Crippen LogP contribution is -2.18. The molecule has 0 spiro atoms. The topological polar surface area (TPSA) is 88.0 Å². The number of oxazole rings is 1. The van der Waals surface area contributed by atoms with Crippen LogP contribution in [0.4, 0.5) is 5.69 Å². The fourth-order valence-electron chi connectivity index (χ4n) is 3.20. The van der Waals surface area contributed by atoms with Gasteiger partial charge in [0.2, 0.25) is 11.5 Å². The largest absolute Gasteiger partial charge is 0.431 e. The van der Waals surface area contributed by atoms with Crippen LogP contribution in [-0.4, -0.2) is 21.6 Å². The van der Waals surface area contributed by atoms with Crippen LogP contribution in [0.1, 0.15) is 26.3 Å². The summed E-state index contributed by atoms with van der Waals surface area (Å²) in [6.45, 7) is 6.21. The van der Waals surface area contributed by atoms with Gasteiger partial charge in [-0.05, 0) is 35.2 Å². The van der Waals surface area contributed by atoms with E-state index in [4.69, 9.17) is 4.42 Å². The van der Waals surface area contributed by atoms with Crippen molar-refractivity contribution >= 4 is 45.4 Å². The molecule has 2 N–H and O–H groups in total. The summed E-state index contributed by atoms with van der Waals surface area (Å²) in [7, 11) is 0. The van der Waals surface area contributed by atoms with Gasteiger partial charge in [-0.25, -0.2) is 4.98 Å². The average molecular weight is 407 g/mol. The third-order valence-electron chi connectivity index (χ3n) is 4.54. The minimum absolute atomic E-state index is 0.155. The first-order valence-corrected chi connectivity index (χ1v) is 10.2. The van der Waals surface area contributed by atoms with Gasteiger partial charge < -0.3 is 14.7 Å². The van der Waals surface area contributed by atoms with Crippen LogP contribution in [0.25, 0.3) is 22.0 Å². The Hall–Kier alpha value is -3.06. The van der Waals surface area contributed by atoms with Crippen LogP contribution in [0.15, 0.2) is 63.0 Å². The first kappa shape index (κ1) is 19.3. The second-order valence-corrected chi connectivity index (χ2v) is 8.77. The van der Waals surface area contributed by atoms with Crippen molar-refractivity contribution in [3.05, 3.63) is 64.4 Å². The highest BCUT2D eigenvalue weighted by Gasteiger charge is 2.18. The number of carbonyl (C=O) groups is 1. The number of pyridine rings is 1. The highest BCUT2D eigenvalue weighted by Crippen LogP contribution is 2.29. The highest BCUT2D eigenvalue weighted by molar-refractivity contribution is 7.99. The van der Waals surface area contributed by atoms with E-state index in [1.807, 2.05) is 36.4 Å². The quantitative estimate of drug-likeness (QED) is 0.479. The number of H-pyrrole nitrogens is 1. The molecule has 0 aliphatic heterocycles. The normalized spacial score (nSPS) is 11.8. The van der Waals surface area contributed by atoms with Gasteiger partial charge in [0, 0.05) is 17.1 Å². The number of para-hydroxylation sites is 2. The summed E-state index contributed by atoms with van der Waals surface area (Å²) in [6.07, 6.45) is 0. The molecule has 29 heavy (non-hydrogen) atoms. The fourth-order valence-corrected chi connectivity index (χ4v) is 3.83. The molecule has 0 atom stereocenters. The summed E-state index contributed by atoms with van der Waals surface area (Å²) < 4.78 is 5.62. The van der Waals surface area contributed by atoms with Gasteiger partial charge in [-0.15, -0.1) is 0 Å². The number of hydrogen-bond acceptors (Lipinski definition) is 5. The first-order chi connectivity index (χ1) is 13.8.